The monoisotopic (exact) mass is 385 g/mol. The van der Waals surface area contributed by atoms with Crippen LogP contribution in [0.25, 0.3) is 0 Å². The molecule has 3 saturated carbocycles. The Hall–Kier alpha value is -0.340. The molecule has 9 atom stereocenters. The van der Waals surface area contributed by atoms with Crippen LogP contribution in [0.2, 0.25) is 0 Å². The molecule has 4 aliphatic carbocycles. The molecule has 5 rings (SSSR count). The summed E-state index contributed by atoms with van der Waals surface area (Å²) in [4.78, 5) is 0. The predicted molar refractivity (Wildman–Crippen MR) is 116 cm³/mol. The Morgan fingerprint density at radius 1 is 1.04 bits per heavy atom. The molecule has 4 fully saturated rings. The van der Waals surface area contributed by atoms with Crippen LogP contribution >= 0.6 is 0 Å². The number of nitrogens with one attached hydrogen (secondary N) is 1. The molecule has 1 heterocycles. The molecule has 2 N–H and O–H groups in total. The summed E-state index contributed by atoms with van der Waals surface area (Å²) in [6.45, 7) is 9.07. The van der Waals surface area contributed by atoms with Crippen LogP contribution in [0, 0.1) is 40.4 Å². The quantitative estimate of drug-likeness (QED) is 0.597. The lowest BCUT2D eigenvalue weighted by Crippen LogP contribution is -2.52. The summed E-state index contributed by atoms with van der Waals surface area (Å²) in [6.07, 6.45) is 17.0. The van der Waals surface area contributed by atoms with Crippen molar-refractivity contribution in [1.29, 1.82) is 0 Å². The first-order chi connectivity index (χ1) is 13.4. The Morgan fingerprint density at radius 3 is 2.68 bits per heavy atom. The Balaban J connectivity index is 1.38. The Morgan fingerprint density at radius 2 is 1.89 bits per heavy atom. The van der Waals surface area contributed by atoms with E-state index >= 15 is 0 Å². The molecule has 1 saturated heterocycles. The first-order valence-corrected chi connectivity index (χ1v) is 12.5. The normalized spacial score (nSPS) is 52.2. The lowest BCUT2D eigenvalue weighted by molar-refractivity contribution is -0.0595. The predicted octanol–water partition coefficient (Wildman–Crippen LogP) is 5.70. The fourth-order valence-corrected chi connectivity index (χ4v) is 9.15. The molecule has 0 spiro atoms. The molecule has 158 valence electrons. The molecular weight excluding hydrogens is 342 g/mol. The van der Waals surface area contributed by atoms with Gasteiger partial charge in [0.1, 0.15) is 0 Å². The molecule has 0 amide bonds. The Kier molecular flexibility index (Phi) is 4.99. The van der Waals surface area contributed by atoms with E-state index in [0.717, 1.165) is 48.5 Å². The van der Waals surface area contributed by atoms with Crippen molar-refractivity contribution in [1.82, 2.24) is 5.32 Å². The fourth-order valence-electron chi connectivity index (χ4n) is 9.15. The first kappa shape index (κ1) is 19.6. The van der Waals surface area contributed by atoms with E-state index in [1.165, 1.54) is 64.3 Å². The van der Waals surface area contributed by atoms with Crippen LogP contribution in [-0.4, -0.2) is 23.8 Å². The fraction of sp³-hybridized carbons (Fsp3) is 0.923. The van der Waals surface area contributed by atoms with Gasteiger partial charge in [-0.05, 0) is 111 Å². The number of hydrogen-bond donors (Lipinski definition) is 2. The molecule has 2 nitrogen and oxygen atoms in total. The maximum absolute atomic E-state index is 10.2. The van der Waals surface area contributed by atoms with Crippen molar-refractivity contribution in [3.8, 4) is 0 Å². The SMILES string of the molecule is C[C@H]([C@@H]1CCCCN1)[C@H]1CC[C@H]2[C@@H]3CC=C4C[C@@H](O)CC[C@]4(C)[C@H]3CC[C@]12C. The first-order valence-electron chi connectivity index (χ1n) is 12.5. The van der Waals surface area contributed by atoms with Gasteiger partial charge in [0.05, 0.1) is 6.10 Å². The zero-order valence-electron chi connectivity index (χ0n) is 18.6. The van der Waals surface area contributed by atoms with Gasteiger partial charge in [0.2, 0.25) is 0 Å². The van der Waals surface area contributed by atoms with Gasteiger partial charge in [-0.3, -0.25) is 0 Å². The van der Waals surface area contributed by atoms with Crippen LogP contribution in [0.1, 0.15) is 91.4 Å². The summed E-state index contributed by atoms with van der Waals surface area (Å²) in [5.74, 6) is 4.46. The number of piperidine rings is 1. The largest absolute Gasteiger partial charge is 0.393 e. The second-order valence-corrected chi connectivity index (χ2v) is 11.8. The topological polar surface area (TPSA) is 32.3 Å². The summed E-state index contributed by atoms with van der Waals surface area (Å²) < 4.78 is 0. The van der Waals surface area contributed by atoms with Crippen LogP contribution in [0.5, 0.6) is 0 Å². The second kappa shape index (κ2) is 7.12. The third-order valence-corrected chi connectivity index (χ3v) is 10.8. The molecule has 0 aromatic rings. The average molecular weight is 386 g/mol. The molecule has 5 aliphatic rings. The molecule has 0 aromatic heterocycles. The van der Waals surface area contributed by atoms with Crippen molar-refractivity contribution in [2.24, 2.45) is 40.4 Å². The van der Waals surface area contributed by atoms with E-state index in [9.17, 15) is 5.11 Å². The standard InChI is InChI=1S/C26H43NO/c1-17(24-6-4-5-15-27-24)21-9-10-22-20-8-7-18-16-19(28)11-13-25(18,2)23(20)12-14-26(21,22)3/h7,17,19-24,27-28H,4-6,8-16H2,1-3H3/t17-,19-,20-,21+,22-,23-,24-,25-,26+/m0/s1. The van der Waals surface area contributed by atoms with E-state index in [1.54, 1.807) is 5.57 Å². The minimum absolute atomic E-state index is 0.0792. The molecular formula is C26H43NO. The molecule has 2 heteroatoms. The van der Waals surface area contributed by atoms with Crippen molar-refractivity contribution in [3.05, 3.63) is 11.6 Å². The molecule has 0 unspecified atom stereocenters. The number of allylic oxidation sites excluding steroid dienone is 1. The van der Waals surface area contributed by atoms with Gasteiger partial charge in [0, 0.05) is 6.04 Å². The molecule has 28 heavy (non-hydrogen) atoms. The van der Waals surface area contributed by atoms with Gasteiger partial charge in [-0.2, -0.15) is 0 Å². The highest BCUT2D eigenvalue weighted by Crippen LogP contribution is 2.67. The number of fused-ring (bicyclic) bond motifs is 5. The number of aliphatic hydroxyl groups is 1. The van der Waals surface area contributed by atoms with Crippen LogP contribution < -0.4 is 5.32 Å². The van der Waals surface area contributed by atoms with Crippen LogP contribution in [0.4, 0.5) is 0 Å². The lowest BCUT2D eigenvalue weighted by Gasteiger charge is -2.58. The average Bonchev–Trinajstić information content (AvgIpc) is 3.06. The minimum atomic E-state index is -0.0792. The second-order valence-electron chi connectivity index (χ2n) is 11.8. The summed E-state index contributed by atoms with van der Waals surface area (Å²) in [5, 5.41) is 14.1. The number of rotatable bonds is 2. The summed E-state index contributed by atoms with van der Waals surface area (Å²) in [7, 11) is 0. The summed E-state index contributed by atoms with van der Waals surface area (Å²) >= 11 is 0. The van der Waals surface area contributed by atoms with Crippen molar-refractivity contribution < 1.29 is 5.11 Å². The van der Waals surface area contributed by atoms with Gasteiger partial charge in [-0.1, -0.05) is 38.8 Å². The van der Waals surface area contributed by atoms with E-state index in [1.807, 2.05) is 0 Å². The number of hydrogen-bond acceptors (Lipinski definition) is 2. The number of aliphatic hydroxyl groups excluding tert-OH is 1. The molecule has 0 radical (unpaired) electrons. The van der Waals surface area contributed by atoms with Gasteiger partial charge in [-0.15, -0.1) is 0 Å². The smallest absolute Gasteiger partial charge is 0.0577 e. The van der Waals surface area contributed by atoms with Crippen molar-refractivity contribution in [3.63, 3.8) is 0 Å². The van der Waals surface area contributed by atoms with E-state index in [0.29, 0.717) is 10.8 Å². The van der Waals surface area contributed by atoms with Crippen LogP contribution in [0.3, 0.4) is 0 Å². The maximum atomic E-state index is 10.2. The highest BCUT2D eigenvalue weighted by Gasteiger charge is 2.59. The summed E-state index contributed by atoms with van der Waals surface area (Å²) in [6, 6.07) is 0.766. The third-order valence-electron chi connectivity index (χ3n) is 10.8. The maximum Gasteiger partial charge on any atom is 0.0577 e. The Bertz CT molecular complexity index is 622. The van der Waals surface area contributed by atoms with Gasteiger partial charge in [0.15, 0.2) is 0 Å². The van der Waals surface area contributed by atoms with Crippen molar-refractivity contribution >= 4 is 0 Å². The zero-order chi connectivity index (χ0) is 19.5. The minimum Gasteiger partial charge on any atom is -0.393 e. The summed E-state index contributed by atoms with van der Waals surface area (Å²) in [5.41, 5.74) is 2.57. The molecule has 1 aliphatic heterocycles. The van der Waals surface area contributed by atoms with E-state index < -0.39 is 0 Å². The van der Waals surface area contributed by atoms with E-state index in [4.69, 9.17) is 0 Å². The highest BCUT2D eigenvalue weighted by molar-refractivity contribution is 5.25. The Labute approximate surface area is 172 Å². The van der Waals surface area contributed by atoms with Crippen LogP contribution in [-0.2, 0) is 0 Å². The molecule has 0 aromatic carbocycles. The third kappa shape index (κ3) is 2.88. The van der Waals surface area contributed by atoms with Gasteiger partial charge in [-0.25, -0.2) is 0 Å². The highest BCUT2D eigenvalue weighted by atomic mass is 16.3. The van der Waals surface area contributed by atoms with Crippen molar-refractivity contribution in [2.75, 3.05) is 6.54 Å². The van der Waals surface area contributed by atoms with Gasteiger partial charge >= 0.3 is 0 Å². The van der Waals surface area contributed by atoms with Gasteiger partial charge in [0.25, 0.3) is 0 Å². The van der Waals surface area contributed by atoms with E-state index in [2.05, 4.69) is 32.2 Å². The van der Waals surface area contributed by atoms with Gasteiger partial charge < -0.3 is 10.4 Å². The molecule has 0 bridgehead atoms. The van der Waals surface area contributed by atoms with Crippen LogP contribution in [0.15, 0.2) is 11.6 Å². The van der Waals surface area contributed by atoms with Crippen molar-refractivity contribution in [2.45, 2.75) is 104 Å². The van der Waals surface area contributed by atoms with E-state index in [-0.39, 0.29) is 6.10 Å². The zero-order valence-corrected chi connectivity index (χ0v) is 18.6. The lowest BCUT2D eigenvalue weighted by atomic mass is 9.47.